The zero-order valence-corrected chi connectivity index (χ0v) is 7.26. The fourth-order valence-electron chi connectivity index (χ4n) is 2.94. The SMILES string of the molecule is NCCC1C2CCCCCC12. The topological polar surface area (TPSA) is 26.0 Å². The van der Waals surface area contributed by atoms with Crippen LogP contribution in [0.1, 0.15) is 38.5 Å². The molecular formula is C10H19N. The van der Waals surface area contributed by atoms with Crippen LogP contribution < -0.4 is 5.73 Å². The zero-order valence-electron chi connectivity index (χ0n) is 7.26. The van der Waals surface area contributed by atoms with Crippen molar-refractivity contribution in [1.82, 2.24) is 0 Å². The lowest BCUT2D eigenvalue weighted by Crippen LogP contribution is -2.01. The third kappa shape index (κ3) is 1.44. The van der Waals surface area contributed by atoms with Crippen LogP contribution in [0.5, 0.6) is 0 Å². The van der Waals surface area contributed by atoms with Gasteiger partial charge in [0.25, 0.3) is 0 Å². The summed E-state index contributed by atoms with van der Waals surface area (Å²) in [5, 5.41) is 0. The maximum absolute atomic E-state index is 5.56. The second-order valence-electron chi connectivity index (χ2n) is 4.21. The van der Waals surface area contributed by atoms with Crippen molar-refractivity contribution < 1.29 is 0 Å². The summed E-state index contributed by atoms with van der Waals surface area (Å²) < 4.78 is 0. The molecule has 2 saturated carbocycles. The molecule has 0 spiro atoms. The first-order chi connectivity index (χ1) is 5.43. The van der Waals surface area contributed by atoms with Gasteiger partial charge in [0.1, 0.15) is 0 Å². The van der Waals surface area contributed by atoms with Crippen molar-refractivity contribution in [2.45, 2.75) is 38.5 Å². The molecule has 0 amide bonds. The Bertz CT molecular complexity index is 114. The average Bonchev–Trinajstić information content (AvgIpc) is 2.68. The van der Waals surface area contributed by atoms with Gasteiger partial charge in [-0.05, 0) is 43.6 Å². The summed E-state index contributed by atoms with van der Waals surface area (Å²) in [6, 6.07) is 0. The van der Waals surface area contributed by atoms with Gasteiger partial charge in [-0.15, -0.1) is 0 Å². The second-order valence-corrected chi connectivity index (χ2v) is 4.21. The predicted molar refractivity (Wildman–Crippen MR) is 47.2 cm³/mol. The minimum Gasteiger partial charge on any atom is -0.330 e. The van der Waals surface area contributed by atoms with Crippen molar-refractivity contribution in [2.75, 3.05) is 6.54 Å². The number of nitrogens with two attached hydrogens (primary N) is 1. The van der Waals surface area contributed by atoms with Crippen LogP contribution in [0, 0.1) is 17.8 Å². The van der Waals surface area contributed by atoms with Crippen LogP contribution in [-0.4, -0.2) is 6.54 Å². The quantitative estimate of drug-likeness (QED) is 0.646. The summed E-state index contributed by atoms with van der Waals surface area (Å²) in [6.07, 6.45) is 8.78. The van der Waals surface area contributed by atoms with Crippen molar-refractivity contribution in [3.8, 4) is 0 Å². The van der Waals surface area contributed by atoms with Crippen LogP contribution in [0.3, 0.4) is 0 Å². The minimum absolute atomic E-state index is 0.914. The van der Waals surface area contributed by atoms with Gasteiger partial charge >= 0.3 is 0 Å². The van der Waals surface area contributed by atoms with E-state index in [4.69, 9.17) is 5.73 Å². The molecule has 2 aliphatic carbocycles. The van der Waals surface area contributed by atoms with Crippen LogP contribution in [0.2, 0.25) is 0 Å². The van der Waals surface area contributed by atoms with Crippen LogP contribution in [-0.2, 0) is 0 Å². The van der Waals surface area contributed by atoms with Gasteiger partial charge in [0.05, 0.1) is 0 Å². The van der Waals surface area contributed by atoms with Crippen molar-refractivity contribution in [1.29, 1.82) is 0 Å². The molecular weight excluding hydrogens is 134 g/mol. The number of fused-ring (bicyclic) bond motifs is 1. The summed E-state index contributed by atoms with van der Waals surface area (Å²) in [7, 11) is 0. The summed E-state index contributed by atoms with van der Waals surface area (Å²) in [5.74, 6) is 3.24. The first-order valence-corrected chi connectivity index (χ1v) is 5.13. The molecule has 2 rings (SSSR count). The molecule has 2 atom stereocenters. The molecule has 2 aliphatic rings. The molecule has 1 heteroatoms. The van der Waals surface area contributed by atoms with Crippen molar-refractivity contribution in [2.24, 2.45) is 23.5 Å². The Morgan fingerprint density at radius 1 is 1.00 bits per heavy atom. The lowest BCUT2D eigenvalue weighted by atomic mass is 10.1. The molecule has 0 aliphatic heterocycles. The van der Waals surface area contributed by atoms with Gasteiger partial charge < -0.3 is 5.73 Å². The van der Waals surface area contributed by atoms with E-state index in [-0.39, 0.29) is 0 Å². The van der Waals surface area contributed by atoms with Gasteiger partial charge in [-0.25, -0.2) is 0 Å². The smallest absolute Gasteiger partial charge is 0.00744 e. The van der Waals surface area contributed by atoms with Gasteiger partial charge in [0.15, 0.2) is 0 Å². The van der Waals surface area contributed by atoms with Crippen LogP contribution >= 0.6 is 0 Å². The lowest BCUT2D eigenvalue weighted by molar-refractivity contribution is 0.548. The molecule has 2 fully saturated rings. The number of hydrogen-bond acceptors (Lipinski definition) is 1. The zero-order chi connectivity index (χ0) is 7.68. The third-order valence-electron chi connectivity index (χ3n) is 3.58. The molecule has 0 radical (unpaired) electrons. The molecule has 0 bridgehead atoms. The van der Waals surface area contributed by atoms with Crippen molar-refractivity contribution in [3.05, 3.63) is 0 Å². The van der Waals surface area contributed by atoms with Gasteiger partial charge in [0, 0.05) is 0 Å². The summed E-state index contributed by atoms with van der Waals surface area (Å²) in [4.78, 5) is 0. The number of rotatable bonds is 2. The monoisotopic (exact) mass is 153 g/mol. The molecule has 0 saturated heterocycles. The van der Waals surface area contributed by atoms with Crippen molar-refractivity contribution >= 4 is 0 Å². The van der Waals surface area contributed by atoms with Crippen LogP contribution in [0.15, 0.2) is 0 Å². The van der Waals surface area contributed by atoms with E-state index < -0.39 is 0 Å². The van der Waals surface area contributed by atoms with Crippen molar-refractivity contribution in [3.63, 3.8) is 0 Å². The van der Waals surface area contributed by atoms with E-state index in [1.165, 1.54) is 38.5 Å². The average molecular weight is 153 g/mol. The molecule has 11 heavy (non-hydrogen) atoms. The number of hydrogen-bond donors (Lipinski definition) is 1. The second kappa shape index (κ2) is 3.14. The van der Waals surface area contributed by atoms with Crippen LogP contribution in [0.25, 0.3) is 0 Å². The van der Waals surface area contributed by atoms with Gasteiger partial charge in [-0.3, -0.25) is 0 Å². The molecule has 0 heterocycles. The Balaban J connectivity index is 1.82. The van der Waals surface area contributed by atoms with E-state index in [9.17, 15) is 0 Å². The Morgan fingerprint density at radius 3 is 2.18 bits per heavy atom. The normalized spacial score (nSPS) is 42.8. The maximum atomic E-state index is 5.56. The van der Waals surface area contributed by atoms with E-state index in [1.807, 2.05) is 0 Å². The predicted octanol–water partition coefficient (Wildman–Crippen LogP) is 2.16. The lowest BCUT2D eigenvalue weighted by Gasteiger charge is -1.99. The van der Waals surface area contributed by atoms with Gasteiger partial charge in [-0.2, -0.15) is 0 Å². The Labute approximate surface area is 69.4 Å². The highest BCUT2D eigenvalue weighted by Crippen LogP contribution is 2.55. The van der Waals surface area contributed by atoms with Gasteiger partial charge in [0.2, 0.25) is 0 Å². The van der Waals surface area contributed by atoms with E-state index in [0.717, 1.165) is 24.3 Å². The van der Waals surface area contributed by atoms with E-state index in [0.29, 0.717) is 0 Å². The Morgan fingerprint density at radius 2 is 1.64 bits per heavy atom. The van der Waals surface area contributed by atoms with Gasteiger partial charge in [-0.1, -0.05) is 19.3 Å². The molecule has 0 aromatic heterocycles. The highest BCUT2D eigenvalue weighted by atomic mass is 14.6. The van der Waals surface area contributed by atoms with Crippen LogP contribution in [0.4, 0.5) is 0 Å². The molecule has 2 unspecified atom stereocenters. The molecule has 0 aromatic carbocycles. The summed E-state index contributed by atoms with van der Waals surface area (Å²) in [6.45, 7) is 0.914. The fraction of sp³-hybridized carbons (Fsp3) is 1.00. The Hall–Kier alpha value is -0.0400. The van der Waals surface area contributed by atoms with E-state index in [1.54, 1.807) is 0 Å². The largest absolute Gasteiger partial charge is 0.330 e. The van der Waals surface area contributed by atoms with E-state index >= 15 is 0 Å². The first kappa shape index (κ1) is 7.60. The molecule has 64 valence electrons. The highest BCUT2D eigenvalue weighted by Gasteiger charge is 2.48. The maximum Gasteiger partial charge on any atom is -0.00744 e. The van der Waals surface area contributed by atoms with E-state index in [2.05, 4.69) is 0 Å². The summed E-state index contributed by atoms with van der Waals surface area (Å²) >= 11 is 0. The first-order valence-electron chi connectivity index (χ1n) is 5.13. The molecule has 1 nitrogen and oxygen atoms in total. The third-order valence-corrected chi connectivity index (χ3v) is 3.58. The Kier molecular flexibility index (Phi) is 2.17. The molecule has 2 N–H and O–H groups in total. The summed E-state index contributed by atoms with van der Waals surface area (Å²) in [5.41, 5.74) is 5.56. The highest BCUT2D eigenvalue weighted by molar-refractivity contribution is 4.97. The fourth-order valence-corrected chi connectivity index (χ4v) is 2.94. The molecule has 0 aromatic rings. The standard InChI is InChI=1S/C10H19N/c11-7-6-10-8-4-2-1-3-5-9(8)10/h8-10H,1-7,11H2. The minimum atomic E-state index is 0.914.